The highest BCUT2D eigenvalue weighted by Crippen LogP contribution is 2.02. The maximum atomic E-state index is 11.8. The molecule has 108 valence electrons. The predicted octanol–water partition coefficient (Wildman–Crippen LogP) is 1.12. The number of hydrogen-bond acceptors (Lipinski definition) is 4. The van der Waals surface area contributed by atoms with Gasteiger partial charge in [-0.15, -0.1) is 0 Å². The fourth-order valence-corrected chi connectivity index (χ4v) is 1.88. The minimum absolute atomic E-state index is 0.0392. The standard InChI is InChI=1S/C14H18N2O4/c17-13-9-16(8-4-7-15-13)14(18)20-11-19-10-12-5-2-1-3-6-12/h1-3,5-6H,4,7-11H2,(H,15,17). The van der Waals surface area contributed by atoms with Gasteiger partial charge in [-0.25, -0.2) is 4.79 Å². The molecule has 6 nitrogen and oxygen atoms in total. The first kappa shape index (κ1) is 14.3. The maximum absolute atomic E-state index is 11.8. The number of carbonyl (C=O) groups excluding carboxylic acids is 2. The molecule has 0 unspecified atom stereocenters. The maximum Gasteiger partial charge on any atom is 0.412 e. The van der Waals surface area contributed by atoms with Crippen molar-refractivity contribution in [3.8, 4) is 0 Å². The third-order valence-electron chi connectivity index (χ3n) is 2.90. The lowest BCUT2D eigenvalue weighted by molar-refractivity contribution is -0.121. The Balaban J connectivity index is 1.68. The van der Waals surface area contributed by atoms with Crippen LogP contribution in [0, 0.1) is 0 Å². The third-order valence-corrected chi connectivity index (χ3v) is 2.90. The van der Waals surface area contributed by atoms with Crippen molar-refractivity contribution < 1.29 is 19.1 Å². The Hall–Kier alpha value is -2.08. The summed E-state index contributed by atoms with van der Waals surface area (Å²) in [7, 11) is 0. The van der Waals surface area contributed by atoms with Crippen molar-refractivity contribution in [3.05, 3.63) is 35.9 Å². The smallest absolute Gasteiger partial charge is 0.412 e. The van der Waals surface area contributed by atoms with Gasteiger partial charge in [0.2, 0.25) is 5.91 Å². The van der Waals surface area contributed by atoms with E-state index in [1.165, 1.54) is 4.90 Å². The lowest BCUT2D eigenvalue weighted by Crippen LogP contribution is -2.37. The lowest BCUT2D eigenvalue weighted by Gasteiger charge is -2.18. The summed E-state index contributed by atoms with van der Waals surface area (Å²) in [6.45, 7) is 1.40. The molecule has 0 aliphatic carbocycles. The molecule has 0 aromatic heterocycles. The van der Waals surface area contributed by atoms with E-state index in [2.05, 4.69) is 5.32 Å². The van der Waals surface area contributed by atoms with Crippen LogP contribution in [0.15, 0.2) is 30.3 Å². The van der Waals surface area contributed by atoms with Crippen LogP contribution in [0.25, 0.3) is 0 Å². The quantitative estimate of drug-likeness (QED) is 0.662. The topological polar surface area (TPSA) is 67.9 Å². The summed E-state index contributed by atoms with van der Waals surface area (Å²) < 4.78 is 10.3. The van der Waals surface area contributed by atoms with Crippen molar-refractivity contribution in [1.29, 1.82) is 0 Å². The Labute approximate surface area is 117 Å². The molecule has 0 atom stereocenters. The van der Waals surface area contributed by atoms with Crippen LogP contribution in [0.4, 0.5) is 4.79 Å². The van der Waals surface area contributed by atoms with Crippen LogP contribution in [-0.2, 0) is 20.9 Å². The molecule has 2 rings (SSSR count). The van der Waals surface area contributed by atoms with Crippen LogP contribution in [0.3, 0.4) is 0 Å². The summed E-state index contributed by atoms with van der Waals surface area (Å²) in [5, 5.41) is 2.70. The van der Waals surface area contributed by atoms with Crippen molar-refractivity contribution in [1.82, 2.24) is 10.2 Å². The Kier molecular flexibility index (Phi) is 5.37. The molecular formula is C14H18N2O4. The van der Waals surface area contributed by atoms with Gasteiger partial charge in [0.15, 0.2) is 6.79 Å². The van der Waals surface area contributed by atoms with Gasteiger partial charge in [-0.05, 0) is 12.0 Å². The number of benzene rings is 1. The number of ether oxygens (including phenoxy) is 2. The van der Waals surface area contributed by atoms with Gasteiger partial charge in [-0.1, -0.05) is 30.3 Å². The first-order chi connectivity index (χ1) is 9.75. The van der Waals surface area contributed by atoms with Crippen LogP contribution < -0.4 is 5.32 Å². The zero-order valence-corrected chi connectivity index (χ0v) is 11.2. The van der Waals surface area contributed by atoms with Crippen LogP contribution >= 0.6 is 0 Å². The molecule has 1 aromatic rings. The third kappa shape index (κ3) is 4.55. The van der Waals surface area contributed by atoms with Gasteiger partial charge >= 0.3 is 6.09 Å². The number of hydrogen-bond donors (Lipinski definition) is 1. The molecule has 1 saturated heterocycles. The molecule has 0 saturated carbocycles. The molecule has 1 aliphatic heterocycles. The van der Waals surface area contributed by atoms with Crippen molar-refractivity contribution in [2.24, 2.45) is 0 Å². The second-order valence-corrected chi connectivity index (χ2v) is 4.49. The number of rotatable bonds is 4. The Morgan fingerprint density at radius 2 is 2.10 bits per heavy atom. The molecule has 2 amide bonds. The van der Waals surface area contributed by atoms with E-state index in [9.17, 15) is 9.59 Å². The average Bonchev–Trinajstić information content (AvgIpc) is 2.69. The molecule has 1 fully saturated rings. The van der Waals surface area contributed by atoms with E-state index in [0.29, 0.717) is 19.7 Å². The van der Waals surface area contributed by atoms with Gasteiger partial charge in [0.25, 0.3) is 0 Å². The highest BCUT2D eigenvalue weighted by molar-refractivity contribution is 5.82. The average molecular weight is 278 g/mol. The van der Waals surface area contributed by atoms with Gasteiger partial charge in [0.05, 0.1) is 6.61 Å². The minimum atomic E-state index is -0.518. The summed E-state index contributed by atoms with van der Waals surface area (Å²) >= 11 is 0. The van der Waals surface area contributed by atoms with E-state index in [4.69, 9.17) is 9.47 Å². The molecule has 1 heterocycles. The molecule has 1 aromatic carbocycles. The van der Waals surface area contributed by atoms with Gasteiger partial charge < -0.3 is 14.8 Å². The van der Waals surface area contributed by atoms with E-state index in [1.54, 1.807) is 0 Å². The van der Waals surface area contributed by atoms with Crippen LogP contribution in [0.5, 0.6) is 0 Å². The SMILES string of the molecule is O=C1CN(C(=O)OCOCc2ccccc2)CCCN1. The van der Waals surface area contributed by atoms with Gasteiger partial charge in [0, 0.05) is 13.1 Å². The fourth-order valence-electron chi connectivity index (χ4n) is 1.88. The summed E-state index contributed by atoms with van der Waals surface area (Å²) in [5.41, 5.74) is 1.01. The zero-order chi connectivity index (χ0) is 14.2. The second-order valence-electron chi connectivity index (χ2n) is 4.49. The Bertz CT molecular complexity index is 450. The predicted molar refractivity (Wildman–Crippen MR) is 71.8 cm³/mol. The molecule has 20 heavy (non-hydrogen) atoms. The molecule has 1 aliphatic rings. The minimum Gasteiger partial charge on any atom is -0.422 e. The van der Waals surface area contributed by atoms with Crippen molar-refractivity contribution in [3.63, 3.8) is 0 Å². The molecule has 1 N–H and O–H groups in total. The largest absolute Gasteiger partial charge is 0.422 e. The lowest BCUT2D eigenvalue weighted by atomic mass is 10.2. The first-order valence-electron chi connectivity index (χ1n) is 6.56. The molecule has 0 radical (unpaired) electrons. The normalized spacial score (nSPS) is 15.4. The highest BCUT2D eigenvalue weighted by atomic mass is 16.7. The van der Waals surface area contributed by atoms with Gasteiger partial charge in [-0.2, -0.15) is 0 Å². The zero-order valence-electron chi connectivity index (χ0n) is 11.2. The van der Waals surface area contributed by atoms with Gasteiger partial charge in [-0.3, -0.25) is 9.69 Å². The van der Waals surface area contributed by atoms with Crippen molar-refractivity contribution in [2.75, 3.05) is 26.4 Å². The summed E-state index contributed by atoms with van der Waals surface area (Å²) in [4.78, 5) is 24.5. The van der Waals surface area contributed by atoms with Crippen molar-refractivity contribution >= 4 is 12.0 Å². The summed E-state index contributed by atoms with van der Waals surface area (Å²) in [6.07, 6.45) is 0.209. The van der Waals surface area contributed by atoms with Crippen LogP contribution in [0.1, 0.15) is 12.0 Å². The molecule has 0 spiro atoms. The second kappa shape index (κ2) is 7.49. The summed E-state index contributed by atoms with van der Waals surface area (Å²) in [6, 6.07) is 9.62. The van der Waals surface area contributed by atoms with E-state index >= 15 is 0 Å². The number of amides is 2. The fraction of sp³-hybridized carbons (Fsp3) is 0.429. The van der Waals surface area contributed by atoms with E-state index in [1.807, 2.05) is 30.3 Å². The molecule has 0 bridgehead atoms. The van der Waals surface area contributed by atoms with Crippen molar-refractivity contribution in [2.45, 2.75) is 13.0 Å². The van der Waals surface area contributed by atoms with E-state index in [0.717, 1.165) is 12.0 Å². The highest BCUT2D eigenvalue weighted by Gasteiger charge is 2.20. The van der Waals surface area contributed by atoms with Crippen LogP contribution in [0.2, 0.25) is 0 Å². The van der Waals surface area contributed by atoms with E-state index in [-0.39, 0.29) is 19.2 Å². The van der Waals surface area contributed by atoms with Crippen LogP contribution in [-0.4, -0.2) is 43.3 Å². The van der Waals surface area contributed by atoms with E-state index < -0.39 is 6.09 Å². The summed E-state index contributed by atoms with van der Waals surface area (Å²) in [5.74, 6) is -0.162. The number of carbonyl (C=O) groups is 2. The Morgan fingerprint density at radius 1 is 1.30 bits per heavy atom. The Morgan fingerprint density at radius 3 is 2.90 bits per heavy atom. The number of nitrogens with zero attached hydrogens (tertiary/aromatic N) is 1. The first-order valence-corrected chi connectivity index (χ1v) is 6.56. The van der Waals surface area contributed by atoms with Gasteiger partial charge in [0.1, 0.15) is 6.54 Å². The molecular weight excluding hydrogens is 260 g/mol. The number of nitrogens with one attached hydrogen (secondary N) is 1. The monoisotopic (exact) mass is 278 g/mol. The molecule has 6 heteroatoms.